The van der Waals surface area contributed by atoms with Gasteiger partial charge in [-0.05, 0) is 34.3 Å². The summed E-state index contributed by atoms with van der Waals surface area (Å²) < 4.78 is 26.9. The molecule has 0 radical (unpaired) electrons. The quantitative estimate of drug-likeness (QED) is 0.746. The van der Waals surface area contributed by atoms with Gasteiger partial charge in [-0.15, -0.1) is 0 Å². The van der Waals surface area contributed by atoms with E-state index in [-0.39, 0.29) is 10.3 Å². The van der Waals surface area contributed by atoms with Gasteiger partial charge in [0.1, 0.15) is 11.6 Å². The van der Waals surface area contributed by atoms with Crippen LogP contribution in [0.5, 0.6) is 0 Å². The topological polar surface area (TPSA) is 3.24 Å². The van der Waals surface area contributed by atoms with Gasteiger partial charge in [0.15, 0.2) is 0 Å². The molecule has 1 aromatic rings. The van der Waals surface area contributed by atoms with Crippen LogP contribution in [0, 0.1) is 17.6 Å². The van der Waals surface area contributed by atoms with Gasteiger partial charge in [0.05, 0.1) is 10.2 Å². The van der Waals surface area contributed by atoms with Crippen LogP contribution in [-0.2, 0) is 0 Å². The van der Waals surface area contributed by atoms with Crippen LogP contribution in [0.2, 0.25) is 0 Å². The number of rotatable bonds is 2. The van der Waals surface area contributed by atoms with Crippen LogP contribution in [-0.4, -0.2) is 13.1 Å². The number of hydrogen-bond donors (Lipinski definition) is 0. The number of halogens is 3. The molecule has 1 nitrogen and oxygen atoms in total. The number of hydrogen-bond acceptors (Lipinski definition) is 1. The summed E-state index contributed by atoms with van der Waals surface area (Å²) in [5, 5.41) is 0. The standard InChI is InChI=1S/C11H12BrF2N/c1-2-7-5-15(6-7)11-4-9(13)8(12)3-10(11)14/h3-4,7H,2,5-6H2,1H3. The van der Waals surface area contributed by atoms with Crippen LogP contribution in [0.1, 0.15) is 13.3 Å². The Hall–Kier alpha value is -0.640. The van der Waals surface area contributed by atoms with Crippen molar-refractivity contribution in [3.8, 4) is 0 Å². The van der Waals surface area contributed by atoms with E-state index in [0.29, 0.717) is 11.6 Å². The summed E-state index contributed by atoms with van der Waals surface area (Å²) in [4.78, 5) is 1.87. The Bertz CT molecular complexity index is 375. The van der Waals surface area contributed by atoms with Gasteiger partial charge in [0.2, 0.25) is 0 Å². The fourth-order valence-corrected chi connectivity index (χ4v) is 2.09. The lowest BCUT2D eigenvalue weighted by Crippen LogP contribution is -2.46. The van der Waals surface area contributed by atoms with Crippen molar-refractivity contribution in [3.63, 3.8) is 0 Å². The molecule has 2 rings (SSSR count). The third kappa shape index (κ3) is 2.00. The predicted octanol–water partition coefficient (Wildman–Crippen LogP) is 3.57. The molecule has 4 heteroatoms. The molecular formula is C11H12BrF2N. The summed E-state index contributed by atoms with van der Waals surface area (Å²) in [7, 11) is 0. The van der Waals surface area contributed by atoms with Gasteiger partial charge >= 0.3 is 0 Å². The molecule has 0 N–H and O–H groups in total. The van der Waals surface area contributed by atoms with Crippen LogP contribution in [0.4, 0.5) is 14.5 Å². The first kappa shape index (κ1) is 10.9. The maximum atomic E-state index is 13.5. The Labute approximate surface area is 96.2 Å². The maximum absolute atomic E-state index is 13.5. The van der Waals surface area contributed by atoms with Gasteiger partial charge < -0.3 is 4.90 Å². The van der Waals surface area contributed by atoms with E-state index in [2.05, 4.69) is 22.9 Å². The van der Waals surface area contributed by atoms with E-state index in [1.54, 1.807) is 0 Å². The van der Waals surface area contributed by atoms with Gasteiger partial charge in [-0.25, -0.2) is 8.78 Å². The van der Waals surface area contributed by atoms with Gasteiger partial charge in [-0.1, -0.05) is 6.92 Å². The zero-order valence-corrected chi connectivity index (χ0v) is 10.0. The molecule has 1 aromatic carbocycles. The first-order chi connectivity index (χ1) is 7.11. The first-order valence-electron chi connectivity index (χ1n) is 5.01. The molecular weight excluding hydrogens is 264 g/mol. The molecule has 0 spiro atoms. The van der Waals surface area contributed by atoms with Crippen LogP contribution < -0.4 is 4.90 Å². The predicted molar refractivity (Wildman–Crippen MR) is 60.1 cm³/mol. The minimum Gasteiger partial charge on any atom is -0.368 e. The molecule has 1 heterocycles. The highest BCUT2D eigenvalue weighted by molar-refractivity contribution is 9.10. The SMILES string of the molecule is CCC1CN(c2cc(F)c(Br)cc2F)C1. The fraction of sp³-hybridized carbons (Fsp3) is 0.455. The fourth-order valence-electron chi connectivity index (χ4n) is 1.78. The molecule has 0 amide bonds. The highest BCUT2D eigenvalue weighted by Crippen LogP contribution is 2.31. The third-order valence-corrected chi connectivity index (χ3v) is 3.47. The molecule has 0 bridgehead atoms. The lowest BCUT2D eigenvalue weighted by molar-refractivity contribution is 0.393. The average Bonchev–Trinajstić information content (AvgIpc) is 2.12. The second kappa shape index (κ2) is 4.08. The lowest BCUT2D eigenvalue weighted by Gasteiger charge is -2.40. The summed E-state index contributed by atoms with van der Waals surface area (Å²) in [6.45, 7) is 3.77. The lowest BCUT2D eigenvalue weighted by atomic mass is 9.96. The van der Waals surface area contributed by atoms with Crippen molar-refractivity contribution in [3.05, 3.63) is 28.2 Å². The largest absolute Gasteiger partial charge is 0.368 e. The third-order valence-electron chi connectivity index (χ3n) is 2.86. The molecule has 15 heavy (non-hydrogen) atoms. The molecule has 1 fully saturated rings. The van der Waals surface area contributed by atoms with Gasteiger partial charge in [-0.2, -0.15) is 0 Å². The Balaban J connectivity index is 2.19. The number of anilines is 1. The highest BCUT2D eigenvalue weighted by Gasteiger charge is 2.27. The van der Waals surface area contributed by atoms with Crippen molar-refractivity contribution in [1.82, 2.24) is 0 Å². The van der Waals surface area contributed by atoms with Gasteiger partial charge in [-0.3, -0.25) is 0 Å². The summed E-state index contributed by atoms with van der Waals surface area (Å²) in [5.74, 6) is -0.153. The summed E-state index contributed by atoms with van der Waals surface area (Å²) in [6.07, 6.45) is 1.09. The summed E-state index contributed by atoms with van der Waals surface area (Å²) >= 11 is 2.96. The molecule has 0 aliphatic carbocycles. The monoisotopic (exact) mass is 275 g/mol. The van der Waals surface area contributed by atoms with E-state index in [1.165, 1.54) is 12.1 Å². The van der Waals surface area contributed by atoms with E-state index in [1.807, 2.05) is 4.90 Å². The zero-order chi connectivity index (χ0) is 11.0. The number of benzene rings is 1. The van der Waals surface area contributed by atoms with E-state index < -0.39 is 5.82 Å². The molecule has 0 atom stereocenters. The average molecular weight is 276 g/mol. The molecule has 0 saturated carbocycles. The second-order valence-corrected chi connectivity index (χ2v) is 4.75. The van der Waals surface area contributed by atoms with Gasteiger partial charge in [0.25, 0.3) is 0 Å². The molecule has 1 aliphatic rings. The van der Waals surface area contributed by atoms with Crippen molar-refractivity contribution in [2.75, 3.05) is 18.0 Å². The summed E-state index contributed by atoms with van der Waals surface area (Å²) in [5.41, 5.74) is 0.375. The van der Waals surface area contributed by atoms with Crippen molar-refractivity contribution < 1.29 is 8.78 Å². The van der Waals surface area contributed by atoms with Crippen LogP contribution in [0.25, 0.3) is 0 Å². The zero-order valence-electron chi connectivity index (χ0n) is 8.43. The van der Waals surface area contributed by atoms with Crippen LogP contribution in [0.3, 0.4) is 0 Å². The van der Waals surface area contributed by atoms with Crippen LogP contribution in [0.15, 0.2) is 16.6 Å². The van der Waals surface area contributed by atoms with Crippen molar-refractivity contribution >= 4 is 21.6 Å². The van der Waals surface area contributed by atoms with Crippen molar-refractivity contribution in [1.29, 1.82) is 0 Å². The van der Waals surface area contributed by atoms with Crippen molar-refractivity contribution in [2.45, 2.75) is 13.3 Å². The summed E-state index contributed by atoms with van der Waals surface area (Å²) in [6, 6.07) is 2.44. The Kier molecular flexibility index (Phi) is 2.96. The van der Waals surface area contributed by atoms with E-state index in [9.17, 15) is 8.78 Å². The van der Waals surface area contributed by atoms with E-state index in [0.717, 1.165) is 19.5 Å². The van der Waals surface area contributed by atoms with E-state index >= 15 is 0 Å². The minimum atomic E-state index is -0.411. The maximum Gasteiger partial charge on any atom is 0.147 e. The second-order valence-electron chi connectivity index (χ2n) is 3.90. The normalized spacial score (nSPS) is 16.7. The van der Waals surface area contributed by atoms with Crippen LogP contribution >= 0.6 is 15.9 Å². The molecule has 1 saturated heterocycles. The first-order valence-corrected chi connectivity index (χ1v) is 5.80. The number of nitrogens with zero attached hydrogens (tertiary/aromatic N) is 1. The molecule has 0 aromatic heterocycles. The highest BCUT2D eigenvalue weighted by atomic mass is 79.9. The smallest absolute Gasteiger partial charge is 0.147 e. The molecule has 82 valence electrons. The Morgan fingerprint density at radius 2 is 2.00 bits per heavy atom. The Morgan fingerprint density at radius 1 is 1.33 bits per heavy atom. The van der Waals surface area contributed by atoms with Crippen molar-refractivity contribution in [2.24, 2.45) is 5.92 Å². The van der Waals surface area contributed by atoms with Gasteiger partial charge in [0, 0.05) is 19.2 Å². The minimum absolute atomic E-state index is 0.177. The molecule has 1 aliphatic heterocycles. The molecule has 0 unspecified atom stereocenters. The van der Waals surface area contributed by atoms with E-state index in [4.69, 9.17) is 0 Å². The Morgan fingerprint density at radius 3 is 2.60 bits per heavy atom.